The van der Waals surface area contributed by atoms with Gasteiger partial charge >= 0.3 is 0 Å². The molecule has 0 amide bonds. The third-order valence-electron chi connectivity index (χ3n) is 4.51. The second-order valence-corrected chi connectivity index (χ2v) is 6.03. The van der Waals surface area contributed by atoms with Gasteiger partial charge in [0.15, 0.2) is 0 Å². The number of aliphatic hydroxyl groups excluding tert-OH is 1. The monoisotopic (exact) mass is 290 g/mol. The lowest BCUT2D eigenvalue weighted by Crippen LogP contribution is -2.41. The van der Waals surface area contributed by atoms with Crippen molar-refractivity contribution in [2.75, 3.05) is 24.6 Å². The van der Waals surface area contributed by atoms with Crippen molar-refractivity contribution in [3.8, 4) is 0 Å². The molecule has 3 nitrogen and oxygen atoms in total. The molecule has 0 bridgehead atoms. The summed E-state index contributed by atoms with van der Waals surface area (Å²) in [6, 6.07) is 9.68. The molecule has 2 unspecified atom stereocenters. The molecule has 1 saturated heterocycles. The van der Waals surface area contributed by atoms with Crippen LogP contribution in [0.5, 0.6) is 0 Å². The fraction of sp³-hybridized carbons (Fsp3) is 0.667. The predicted molar refractivity (Wildman–Crippen MR) is 89.8 cm³/mol. The fourth-order valence-electron chi connectivity index (χ4n) is 3.24. The number of nitrogens with zero attached hydrogens (tertiary/aromatic N) is 1. The first-order valence-electron chi connectivity index (χ1n) is 8.51. The zero-order valence-electron chi connectivity index (χ0n) is 13.5. The Morgan fingerprint density at radius 1 is 1.24 bits per heavy atom. The molecule has 3 heteroatoms. The quantitative estimate of drug-likeness (QED) is 0.807. The smallest absolute Gasteiger partial charge is 0.0635 e. The number of rotatable bonds is 7. The van der Waals surface area contributed by atoms with Gasteiger partial charge in [0.05, 0.1) is 12.6 Å². The van der Waals surface area contributed by atoms with E-state index < -0.39 is 0 Å². The summed E-state index contributed by atoms with van der Waals surface area (Å²) in [5.41, 5.74) is 2.62. The molecular formula is C18H30N2O. The molecule has 0 saturated carbocycles. The summed E-state index contributed by atoms with van der Waals surface area (Å²) in [6.07, 6.45) is 5.85. The van der Waals surface area contributed by atoms with Crippen LogP contribution >= 0.6 is 0 Å². The molecule has 0 aromatic heterocycles. The molecule has 1 aliphatic rings. The number of hydrogen-bond acceptors (Lipinski definition) is 3. The van der Waals surface area contributed by atoms with E-state index in [9.17, 15) is 5.11 Å². The predicted octanol–water partition coefficient (Wildman–Crippen LogP) is 3.49. The Morgan fingerprint density at radius 3 is 2.62 bits per heavy atom. The molecular weight excluding hydrogens is 260 g/mol. The van der Waals surface area contributed by atoms with Crippen LogP contribution in [0.25, 0.3) is 0 Å². The van der Waals surface area contributed by atoms with Crippen LogP contribution in [0, 0.1) is 0 Å². The van der Waals surface area contributed by atoms with Gasteiger partial charge in [0.1, 0.15) is 0 Å². The highest BCUT2D eigenvalue weighted by atomic mass is 16.3. The lowest BCUT2D eigenvalue weighted by molar-refractivity contribution is 0.240. The summed E-state index contributed by atoms with van der Waals surface area (Å²) < 4.78 is 0. The van der Waals surface area contributed by atoms with Crippen LogP contribution < -0.4 is 10.2 Å². The van der Waals surface area contributed by atoms with E-state index >= 15 is 0 Å². The van der Waals surface area contributed by atoms with E-state index in [0.29, 0.717) is 12.1 Å². The molecule has 0 radical (unpaired) electrons. The molecule has 118 valence electrons. The van der Waals surface area contributed by atoms with Crippen LogP contribution in [-0.4, -0.2) is 30.8 Å². The molecule has 1 aromatic carbocycles. The van der Waals surface area contributed by atoms with Gasteiger partial charge in [-0.2, -0.15) is 0 Å². The normalized spacial score (nSPS) is 20.5. The Kier molecular flexibility index (Phi) is 6.52. The second kappa shape index (κ2) is 8.40. The maximum Gasteiger partial charge on any atom is 0.0635 e. The Bertz CT molecular complexity index is 404. The molecule has 21 heavy (non-hydrogen) atoms. The van der Waals surface area contributed by atoms with E-state index in [1.54, 1.807) is 0 Å². The van der Waals surface area contributed by atoms with E-state index in [2.05, 4.69) is 48.3 Å². The summed E-state index contributed by atoms with van der Waals surface area (Å²) in [7, 11) is 0. The van der Waals surface area contributed by atoms with Gasteiger partial charge in [-0.05, 0) is 56.3 Å². The molecule has 1 fully saturated rings. The van der Waals surface area contributed by atoms with Crippen molar-refractivity contribution in [2.24, 2.45) is 0 Å². The number of nitrogens with one attached hydrogen (secondary N) is 1. The van der Waals surface area contributed by atoms with Crippen molar-refractivity contribution >= 4 is 5.69 Å². The number of hydrogen-bond donors (Lipinski definition) is 2. The van der Waals surface area contributed by atoms with Gasteiger partial charge in [-0.1, -0.05) is 26.0 Å². The largest absolute Gasteiger partial charge is 0.394 e. The summed E-state index contributed by atoms with van der Waals surface area (Å²) in [5.74, 6) is 0. The number of aliphatic hydroxyl groups is 1. The highest BCUT2D eigenvalue weighted by molar-refractivity contribution is 5.49. The average Bonchev–Trinajstić information content (AvgIpc) is 2.56. The van der Waals surface area contributed by atoms with Crippen molar-refractivity contribution in [3.63, 3.8) is 0 Å². The van der Waals surface area contributed by atoms with E-state index in [1.807, 2.05) is 0 Å². The van der Waals surface area contributed by atoms with Gasteiger partial charge in [-0.25, -0.2) is 0 Å². The van der Waals surface area contributed by atoms with Gasteiger partial charge in [0.25, 0.3) is 0 Å². The molecule has 0 spiro atoms. The standard InChI is InChI=1S/C18H30N2O/c1-3-12-19-18(4-2)15-8-10-16(11-9-15)20-13-6-5-7-17(20)14-21/h8-11,17-19,21H,3-7,12-14H2,1-2H3. The zero-order chi connectivity index (χ0) is 15.1. The molecule has 2 N–H and O–H groups in total. The average molecular weight is 290 g/mol. The molecule has 0 aliphatic carbocycles. The molecule has 2 rings (SSSR count). The van der Waals surface area contributed by atoms with Crippen molar-refractivity contribution in [1.29, 1.82) is 0 Å². The van der Waals surface area contributed by atoms with Crippen LogP contribution in [0.4, 0.5) is 5.69 Å². The lowest BCUT2D eigenvalue weighted by atomic mass is 10.00. The van der Waals surface area contributed by atoms with Crippen LogP contribution in [-0.2, 0) is 0 Å². The van der Waals surface area contributed by atoms with E-state index in [-0.39, 0.29) is 6.61 Å². The van der Waals surface area contributed by atoms with E-state index in [0.717, 1.165) is 25.9 Å². The summed E-state index contributed by atoms with van der Waals surface area (Å²) in [6.45, 7) is 6.83. The first kappa shape index (κ1) is 16.3. The molecule has 1 aliphatic heterocycles. The fourth-order valence-corrected chi connectivity index (χ4v) is 3.24. The Hall–Kier alpha value is -1.06. The van der Waals surface area contributed by atoms with Crippen LogP contribution in [0.2, 0.25) is 0 Å². The minimum Gasteiger partial charge on any atom is -0.394 e. The zero-order valence-corrected chi connectivity index (χ0v) is 13.5. The van der Waals surface area contributed by atoms with Gasteiger partial charge in [-0.15, -0.1) is 0 Å². The minimum atomic E-state index is 0.261. The minimum absolute atomic E-state index is 0.261. The van der Waals surface area contributed by atoms with Gasteiger partial charge in [-0.3, -0.25) is 0 Å². The van der Waals surface area contributed by atoms with Crippen LogP contribution in [0.15, 0.2) is 24.3 Å². The van der Waals surface area contributed by atoms with Gasteiger partial charge in [0, 0.05) is 18.3 Å². The SMILES string of the molecule is CCCNC(CC)c1ccc(N2CCCCC2CO)cc1. The van der Waals surface area contributed by atoms with Crippen LogP contribution in [0.1, 0.15) is 57.6 Å². The first-order chi connectivity index (χ1) is 10.3. The van der Waals surface area contributed by atoms with Gasteiger partial charge < -0.3 is 15.3 Å². The van der Waals surface area contributed by atoms with E-state index in [4.69, 9.17) is 0 Å². The molecule has 2 atom stereocenters. The van der Waals surface area contributed by atoms with Crippen LogP contribution in [0.3, 0.4) is 0 Å². The summed E-state index contributed by atoms with van der Waals surface area (Å²) >= 11 is 0. The molecule has 1 aromatic rings. The van der Waals surface area contributed by atoms with Crippen molar-refractivity contribution in [1.82, 2.24) is 5.32 Å². The third kappa shape index (κ3) is 4.21. The number of benzene rings is 1. The lowest BCUT2D eigenvalue weighted by Gasteiger charge is -2.36. The maximum atomic E-state index is 9.55. The first-order valence-corrected chi connectivity index (χ1v) is 8.51. The molecule has 1 heterocycles. The highest BCUT2D eigenvalue weighted by Crippen LogP contribution is 2.26. The summed E-state index contributed by atoms with van der Waals surface area (Å²) in [4.78, 5) is 2.37. The number of piperidine rings is 1. The third-order valence-corrected chi connectivity index (χ3v) is 4.51. The second-order valence-electron chi connectivity index (χ2n) is 6.03. The number of anilines is 1. The maximum absolute atomic E-state index is 9.55. The van der Waals surface area contributed by atoms with E-state index in [1.165, 1.54) is 30.5 Å². The topological polar surface area (TPSA) is 35.5 Å². The Morgan fingerprint density at radius 2 is 2.00 bits per heavy atom. The highest BCUT2D eigenvalue weighted by Gasteiger charge is 2.21. The van der Waals surface area contributed by atoms with Crippen molar-refractivity contribution < 1.29 is 5.11 Å². The van der Waals surface area contributed by atoms with Crippen molar-refractivity contribution in [3.05, 3.63) is 29.8 Å². The summed E-state index contributed by atoms with van der Waals surface area (Å²) in [5, 5.41) is 13.1. The van der Waals surface area contributed by atoms with Gasteiger partial charge in [0.2, 0.25) is 0 Å². The Balaban J connectivity index is 2.06. The van der Waals surface area contributed by atoms with Crippen molar-refractivity contribution in [2.45, 2.75) is 58.0 Å². The Labute approximate surface area is 129 Å².